The van der Waals surface area contributed by atoms with Crippen LogP contribution in [0.3, 0.4) is 0 Å². The zero-order valence-electron chi connectivity index (χ0n) is 16.5. The number of halogens is 10. The first kappa shape index (κ1) is 26.2. The van der Waals surface area contributed by atoms with Crippen molar-refractivity contribution < 1.29 is 35.5 Å². The minimum atomic E-state index is -5.65. The van der Waals surface area contributed by atoms with E-state index in [-0.39, 0.29) is 12.4 Å². The lowest BCUT2D eigenvalue weighted by molar-refractivity contribution is -0.143. The molecule has 0 fully saturated rings. The Labute approximate surface area is 206 Å². The second-order valence-electron chi connectivity index (χ2n) is 6.65. The van der Waals surface area contributed by atoms with E-state index in [0.717, 1.165) is 0 Å². The van der Waals surface area contributed by atoms with E-state index < -0.39 is 47.2 Å². The molecule has 0 unspecified atom stereocenters. The molecular formula is C21H10BrCl2F7N2O. The van der Waals surface area contributed by atoms with Crippen LogP contribution >= 0.6 is 39.1 Å². The Bertz CT molecular complexity index is 1240. The van der Waals surface area contributed by atoms with Crippen LogP contribution in [0.5, 0.6) is 5.75 Å². The molecule has 3 aromatic carbocycles. The van der Waals surface area contributed by atoms with Gasteiger partial charge < -0.3 is 4.74 Å². The van der Waals surface area contributed by atoms with Crippen molar-refractivity contribution in [2.75, 3.05) is 0 Å². The van der Waals surface area contributed by atoms with Crippen molar-refractivity contribution in [3.8, 4) is 5.75 Å². The molecule has 0 aliphatic heterocycles. The minimum absolute atomic E-state index is 0.0142. The number of ether oxygens (including phenoxy) is 1. The molecule has 0 aliphatic rings. The molecule has 0 N–H and O–H groups in total. The molecule has 0 saturated carbocycles. The van der Waals surface area contributed by atoms with Crippen LogP contribution in [0.25, 0.3) is 0 Å². The van der Waals surface area contributed by atoms with Gasteiger partial charge in [0, 0.05) is 25.6 Å². The van der Waals surface area contributed by atoms with Crippen LogP contribution in [0.2, 0.25) is 10.0 Å². The number of hydrogen-bond acceptors (Lipinski definition) is 3. The first-order valence-corrected chi connectivity index (χ1v) is 10.6. The summed E-state index contributed by atoms with van der Waals surface area (Å²) in [6.07, 6.45) is -5.65. The third-order valence-electron chi connectivity index (χ3n) is 4.36. The zero-order chi connectivity index (χ0) is 25.2. The van der Waals surface area contributed by atoms with E-state index in [1.165, 1.54) is 18.2 Å². The van der Waals surface area contributed by atoms with E-state index in [1.807, 2.05) is 0 Å². The van der Waals surface area contributed by atoms with Gasteiger partial charge in [-0.2, -0.15) is 18.3 Å². The molecule has 34 heavy (non-hydrogen) atoms. The normalized spacial score (nSPS) is 11.9. The van der Waals surface area contributed by atoms with Gasteiger partial charge in [-0.25, -0.2) is 17.6 Å². The van der Waals surface area contributed by atoms with Crippen LogP contribution in [0, 0.1) is 23.3 Å². The summed E-state index contributed by atoms with van der Waals surface area (Å²) >= 11 is 15.2. The first-order valence-electron chi connectivity index (χ1n) is 9.06. The lowest BCUT2D eigenvalue weighted by Crippen LogP contribution is -2.14. The molecule has 0 saturated heterocycles. The van der Waals surface area contributed by atoms with Crippen molar-refractivity contribution in [3.05, 3.63) is 90.9 Å². The van der Waals surface area contributed by atoms with Gasteiger partial charge in [-0.3, -0.25) is 0 Å². The fraction of sp³-hybridized carbons (Fsp3) is 0.143. The number of hydrogen-bond donors (Lipinski definition) is 0. The van der Waals surface area contributed by atoms with E-state index in [1.54, 1.807) is 18.2 Å². The lowest BCUT2D eigenvalue weighted by Gasteiger charge is -2.12. The van der Waals surface area contributed by atoms with E-state index in [0.29, 0.717) is 25.6 Å². The van der Waals surface area contributed by atoms with Crippen molar-refractivity contribution in [1.29, 1.82) is 0 Å². The number of azo groups is 1. The molecule has 0 heterocycles. The maximum absolute atomic E-state index is 14.0. The van der Waals surface area contributed by atoms with Gasteiger partial charge in [0.1, 0.15) is 17.9 Å². The largest absolute Gasteiger partial charge is 0.488 e. The fourth-order valence-corrected chi connectivity index (χ4v) is 3.62. The molecular weight excluding hydrogens is 580 g/mol. The van der Waals surface area contributed by atoms with Crippen LogP contribution in [0.4, 0.5) is 36.4 Å². The Kier molecular flexibility index (Phi) is 8.10. The highest BCUT2D eigenvalue weighted by molar-refractivity contribution is 9.10. The molecule has 180 valence electrons. The lowest BCUT2D eigenvalue weighted by atomic mass is 10.1. The van der Waals surface area contributed by atoms with Crippen molar-refractivity contribution in [2.24, 2.45) is 10.2 Å². The molecule has 0 atom stereocenters. The van der Waals surface area contributed by atoms with Crippen LogP contribution in [0.1, 0.15) is 16.7 Å². The topological polar surface area (TPSA) is 34.0 Å². The van der Waals surface area contributed by atoms with E-state index in [9.17, 15) is 30.7 Å². The molecule has 0 aromatic heterocycles. The van der Waals surface area contributed by atoms with E-state index in [2.05, 4.69) is 26.2 Å². The predicted molar refractivity (Wildman–Crippen MR) is 114 cm³/mol. The van der Waals surface area contributed by atoms with Gasteiger partial charge in [0.2, 0.25) is 0 Å². The van der Waals surface area contributed by atoms with E-state index >= 15 is 0 Å². The number of rotatable bonds is 6. The standard InChI is InChI=1S/C21H10BrCl2F7N2O/c22-11-2-4-14(34-8-9-1-3-12(23)6-13(9)24)10(5-11)7-32-33-20-18(27)16(25)15(21(29,30)31)17(26)19(20)28/h1-6H,7-8H2. The molecule has 3 rings (SSSR count). The quantitative estimate of drug-likeness (QED) is 0.160. The molecule has 0 spiro atoms. The highest BCUT2D eigenvalue weighted by Crippen LogP contribution is 2.39. The number of nitrogens with zero attached hydrogens (tertiary/aromatic N) is 2. The van der Waals surface area contributed by atoms with Crippen LogP contribution < -0.4 is 4.74 Å². The molecule has 3 aromatic rings. The summed E-state index contributed by atoms with van der Waals surface area (Å²) in [5, 5.41) is 7.33. The van der Waals surface area contributed by atoms with Gasteiger partial charge >= 0.3 is 6.18 Å². The molecule has 0 bridgehead atoms. The summed E-state index contributed by atoms with van der Waals surface area (Å²) in [4.78, 5) is 0. The van der Waals surface area contributed by atoms with Crippen LogP contribution in [-0.2, 0) is 19.3 Å². The van der Waals surface area contributed by atoms with Gasteiger partial charge in [0.25, 0.3) is 0 Å². The van der Waals surface area contributed by atoms with Gasteiger partial charge in [0.05, 0.1) is 6.54 Å². The minimum Gasteiger partial charge on any atom is -0.488 e. The van der Waals surface area contributed by atoms with Crippen LogP contribution in [-0.4, -0.2) is 0 Å². The average molecular weight is 590 g/mol. The summed E-state index contributed by atoms with van der Waals surface area (Å²) in [5.74, 6) is -9.62. The van der Waals surface area contributed by atoms with Crippen molar-refractivity contribution in [1.82, 2.24) is 0 Å². The molecule has 0 aliphatic carbocycles. The first-order chi connectivity index (χ1) is 15.9. The van der Waals surface area contributed by atoms with Crippen LogP contribution in [0.15, 0.2) is 51.1 Å². The third-order valence-corrected chi connectivity index (χ3v) is 5.44. The molecule has 3 nitrogen and oxygen atoms in total. The Hall–Kier alpha value is -2.37. The van der Waals surface area contributed by atoms with E-state index in [4.69, 9.17) is 27.9 Å². The monoisotopic (exact) mass is 588 g/mol. The second-order valence-corrected chi connectivity index (χ2v) is 8.41. The Morgan fingerprint density at radius 2 is 1.50 bits per heavy atom. The highest BCUT2D eigenvalue weighted by atomic mass is 79.9. The molecule has 0 amide bonds. The maximum atomic E-state index is 14.0. The Morgan fingerprint density at radius 3 is 2.09 bits per heavy atom. The smallest absolute Gasteiger partial charge is 0.422 e. The van der Waals surface area contributed by atoms with Crippen molar-refractivity contribution in [2.45, 2.75) is 19.3 Å². The summed E-state index contributed by atoms with van der Waals surface area (Å²) < 4.78 is 99.8. The molecule has 0 radical (unpaired) electrons. The van der Waals surface area contributed by atoms with Gasteiger partial charge in [0.15, 0.2) is 29.0 Å². The maximum Gasteiger partial charge on any atom is 0.422 e. The van der Waals surface area contributed by atoms with Gasteiger partial charge in [-0.1, -0.05) is 45.2 Å². The summed E-state index contributed by atoms with van der Waals surface area (Å²) in [5.41, 5.74) is -3.39. The molecule has 13 heteroatoms. The van der Waals surface area contributed by atoms with Crippen molar-refractivity contribution in [3.63, 3.8) is 0 Å². The predicted octanol–water partition coefficient (Wildman–Crippen LogP) is 9.19. The second kappa shape index (κ2) is 10.5. The average Bonchev–Trinajstić information content (AvgIpc) is 2.74. The zero-order valence-corrected chi connectivity index (χ0v) is 19.6. The van der Waals surface area contributed by atoms with Crippen molar-refractivity contribution >= 4 is 44.8 Å². The fourth-order valence-electron chi connectivity index (χ4n) is 2.75. The summed E-state index contributed by atoms with van der Waals surface area (Å²) in [7, 11) is 0. The van der Waals surface area contributed by atoms with Gasteiger partial charge in [-0.05, 0) is 30.3 Å². The van der Waals surface area contributed by atoms with Gasteiger partial charge in [-0.15, -0.1) is 5.11 Å². The SMILES string of the molecule is Fc1c(F)c(C(F)(F)F)c(F)c(F)c1N=NCc1cc(Br)ccc1OCc1ccc(Cl)cc1Cl. The number of alkyl halides is 3. The summed E-state index contributed by atoms with van der Waals surface area (Å²) in [6, 6.07) is 9.45. The highest BCUT2D eigenvalue weighted by Gasteiger charge is 2.42. The summed E-state index contributed by atoms with van der Waals surface area (Å²) in [6.45, 7) is -0.382. The Morgan fingerprint density at radius 1 is 0.853 bits per heavy atom. The number of benzene rings is 3. The Balaban J connectivity index is 1.86. The third kappa shape index (κ3) is 5.81.